The Hall–Kier alpha value is -3.15. The van der Waals surface area contributed by atoms with Gasteiger partial charge in [-0.1, -0.05) is 26.0 Å². The maximum Gasteiger partial charge on any atom is 0.247 e. The summed E-state index contributed by atoms with van der Waals surface area (Å²) in [6.07, 6.45) is 5.57. The van der Waals surface area contributed by atoms with E-state index < -0.39 is 0 Å². The molecule has 1 aliphatic heterocycles. The lowest BCUT2D eigenvalue weighted by atomic mass is 10.1. The molecule has 1 aromatic carbocycles. The largest absolute Gasteiger partial charge is 0.330 e. The number of pyridine rings is 1. The van der Waals surface area contributed by atoms with Crippen LogP contribution < -0.4 is 5.32 Å². The molecule has 2 aromatic heterocycles. The summed E-state index contributed by atoms with van der Waals surface area (Å²) in [5, 5.41) is 2.96. The summed E-state index contributed by atoms with van der Waals surface area (Å²) in [6.45, 7) is 6.44. The number of carbonyl (C=O) groups is 2. The second kappa shape index (κ2) is 7.70. The van der Waals surface area contributed by atoms with Gasteiger partial charge in [-0.05, 0) is 49.6 Å². The molecule has 0 saturated carbocycles. The topological polar surface area (TPSA) is 66.7 Å². The first-order valence-corrected chi connectivity index (χ1v) is 10.1. The van der Waals surface area contributed by atoms with Crippen molar-refractivity contribution in [3.05, 3.63) is 54.4 Å². The van der Waals surface area contributed by atoms with E-state index in [-0.39, 0.29) is 23.8 Å². The second-order valence-corrected chi connectivity index (χ2v) is 8.01. The summed E-state index contributed by atoms with van der Waals surface area (Å²) in [5.41, 5.74) is 4.68. The van der Waals surface area contributed by atoms with E-state index in [0.29, 0.717) is 13.0 Å². The number of hydrogen-bond donors (Lipinski definition) is 1. The van der Waals surface area contributed by atoms with Crippen LogP contribution in [0.25, 0.3) is 16.9 Å². The SMILES string of the molecule is Cc1ccn2cc(-c3ccc(NC(=O)C4CCCN4C(=O)C(C)C)cc3)nc2c1. The summed E-state index contributed by atoms with van der Waals surface area (Å²) in [4.78, 5) is 31.5. The van der Waals surface area contributed by atoms with Gasteiger partial charge in [-0.3, -0.25) is 9.59 Å². The number of benzene rings is 1. The third-order valence-electron chi connectivity index (χ3n) is 5.40. The minimum Gasteiger partial charge on any atom is -0.330 e. The van der Waals surface area contributed by atoms with Crippen LogP contribution in [0.1, 0.15) is 32.3 Å². The van der Waals surface area contributed by atoms with Crippen molar-refractivity contribution in [3.63, 3.8) is 0 Å². The van der Waals surface area contributed by atoms with Crippen LogP contribution in [0.3, 0.4) is 0 Å². The van der Waals surface area contributed by atoms with Crippen molar-refractivity contribution in [1.82, 2.24) is 14.3 Å². The number of anilines is 1. The van der Waals surface area contributed by atoms with Crippen molar-refractivity contribution < 1.29 is 9.59 Å². The zero-order valence-electron chi connectivity index (χ0n) is 17.1. The quantitative estimate of drug-likeness (QED) is 0.735. The average Bonchev–Trinajstić information content (AvgIpc) is 3.34. The number of rotatable bonds is 4. The van der Waals surface area contributed by atoms with E-state index in [4.69, 9.17) is 0 Å². The van der Waals surface area contributed by atoms with Crippen LogP contribution in [-0.2, 0) is 9.59 Å². The van der Waals surface area contributed by atoms with Crippen LogP contribution in [0.5, 0.6) is 0 Å². The number of aromatic nitrogens is 2. The van der Waals surface area contributed by atoms with Crippen molar-refractivity contribution in [2.45, 2.75) is 39.7 Å². The normalized spacial score (nSPS) is 16.6. The molecule has 3 heterocycles. The first-order valence-electron chi connectivity index (χ1n) is 10.1. The van der Waals surface area contributed by atoms with Gasteiger partial charge in [0.1, 0.15) is 11.7 Å². The number of imidazole rings is 1. The number of hydrogen-bond acceptors (Lipinski definition) is 3. The number of fused-ring (bicyclic) bond motifs is 1. The minimum absolute atomic E-state index is 0.0417. The Bertz CT molecular complexity index is 1050. The number of carbonyl (C=O) groups excluding carboxylic acids is 2. The van der Waals surface area contributed by atoms with Crippen LogP contribution in [-0.4, -0.2) is 38.7 Å². The number of amides is 2. The van der Waals surface area contributed by atoms with E-state index in [1.54, 1.807) is 4.90 Å². The van der Waals surface area contributed by atoms with E-state index in [0.717, 1.165) is 29.0 Å². The highest BCUT2D eigenvalue weighted by Crippen LogP contribution is 2.24. The number of aryl methyl sites for hydroxylation is 1. The van der Waals surface area contributed by atoms with Gasteiger partial charge in [0.05, 0.1) is 5.69 Å². The third-order valence-corrected chi connectivity index (χ3v) is 5.40. The van der Waals surface area contributed by atoms with Gasteiger partial charge in [0.25, 0.3) is 0 Å². The lowest BCUT2D eigenvalue weighted by Gasteiger charge is -2.25. The lowest BCUT2D eigenvalue weighted by Crippen LogP contribution is -2.44. The molecule has 150 valence electrons. The van der Waals surface area contributed by atoms with Crippen molar-refractivity contribution in [3.8, 4) is 11.3 Å². The lowest BCUT2D eigenvalue weighted by molar-refractivity contribution is -0.139. The summed E-state index contributed by atoms with van der Waals surface area (Å²) < 4.78 is 2.00. The Balaban J connectivity index is 1.47. The summed E-state index contributed by atoms with van der Waals surface area (Å²) in [6, 6.07) is 11.4. The first-order chi connectivity index (χ1) is 13.9. The van der Waals surface area contributed by atoms with Crippen molar-refractivity contribution >= 4 is 23.1 Å². The Morgan fingerprint density at radius 3 is 2.66 bits per heavy atom. The molecule has 1 aliphatic rings. The van der Waals surface area contributed by atoms with Crippen LogP contribution >= 0.6 is 0 Å². The molecule has 1 N–H and O–H groups in total. The standard InChI is InChI=1S/C23H26N4O2/c1-15(2)23(29)27-11-4-5-20(27)22(28)24-18-8-6-17(7-9-18)19-14-26-12-10-16(3)13-21(26)25-19/h6-10,12-15,20H,4-5,11H2,1-3H3,(H,24,28). The van der Waals surface area contributed by atoms with Gasteiger partial charge in [-0.15, -0.1) is 0 Å². The molecule has 2 amide bonds. The molecule has 29 heavy (non-hydrogen) atoms. The van der Waals surface area contributed by atoms with Crippen LogP contribution in [0, 0.1) is 12.8 Å². The van der Waals surface area contributed by atoms with E-state index >= 15 is 0 Å². The fraction of sp³-hybridized carbons (Fsp3) is 0.348. The van der Waals surface area contributed by atoms with E-state index in [1.807, 2.05) is 74.0 Å². The van der Waals surface area contributed by atoms with Crippen molar-refractivity contribution in [1.29, 1.82) is 0 Å². The molecule has 1 saturated heterocycles. The molecule has 0 radical (unpaired) electrons. The van der Waals surface area contributed by atoms with E-state index in [9.17, 15) is 9.59 Å². The molecule has 0 aliphatic carbocycles. The number of nitrogens with one attached hydrogen (secondary N) is 1. The molecule has 0 bridgehead atoms. The van der Waals surface area contributed by atoms with Gasteiger partial charge in [0.2, 0.25) is 11.8 Å². The third kappa shape index (κ3) is 3.88. The highest BCUT2D eigenvalue weighted by molar-refractivity contribution is 5.97. The van der Waals surface area contributed by atoms with Crippen LogP contribution in [0.4, 0.5) is 5.69 Å². The summed E-state index contributed by atoms with van der Waals surface area (Å²) in [5.74, 6) is -0.176. The number of nitrogens with zero attached hydrogens (tertiary/aromatic N) is 3. The van der Waals surface area contributed by atoms with Gasteiger partial charge >= 0.3 is 0 Å². The van der Waals surface area contributed by atoms with Crippen molar-refractivity contribution in [2.24, 2.45) is 5.92 Å². The fourth-order valence-electron chi connectivity index (χ4n) is 3.81. The molecule has 6 heteroatoms. The predicted octanol–water partition coefficient (Wildman–Crippen LogP) is 3.90. The molecular formula is C23H26N4O2. The molecule has 1 unspecified atom stereocenters. The highest BCUT2D eigenvalue weighted by Gasteiger charge is 2.34. The molecule has 6 nitrogen and oxygen atoms in total. The van der Waals surface area contributed by atoms with Gasteiger partial charge in [-0.25, -0.2) is 4.98 Å². The fourth-order valence-corrected chi connectivity index (χ4v) is 3.81. The van der Waals surface area contributed by atoms with Gasteiger partial charge in [-0.2, -0.15) is 0 Å². The van der Waals surface area contributed by atoms with Crippen molar-refractivity contribution in [2.75, 3.05) is 11.9 Å². The Kier molecular flexibility index (Phi) is 5.09. The number of likely N-dealkylation sites (tertiary alicyclic amines) is 1. The van der Waals surface area contributed by atoms with Crippen LogP contribution in [0.15, 0.2) is 48.8 Å². The zero-order valence-corrected chi connectivity index (χ0v) is 17.1. The predicted molar refractivity (Wildman–Crippen MR) is 114 cm³/mol. The van der Waals surface area contributed by atoms with Gasteiger partial charge in [0.15, 0.2) is 0 Å². The monoisotopic (exact) mass is 390 g/mol. The first kappa shape index (κ1) is 19.2. The van der Waals surface area contributed by atoms with Crippen LogP contribution in [0.2, 0.25) is 0 Å². The second-order valence-electron chi connectivity index (χ2n) is 8.01. The molecule has 1 atom stereocenters. The van der Waals surface area contributed by atoms with Gasteiger partial charge in [0, 0.05) is 36.1 Å². The summed E-state index contributed by atoms with van der Waals surface area (Å²) in [7, 11) is 0. The van der Waals surface area contributed by atoms with E-state index in [2.05, 4.69) is 10.3 Å². The molecule has 1 fully saturated rings. The highest BCUT2D eigenvalue weighted by atomic mass is 16.2. The Labute approximate surface area is 170 Å². The molecule has 4 rings (SSSR count). The molecule has 3 aromatic rings. The maximum absolute atomic E-state index is 12.7. The average molecular weight is 390 g/mol. The molecule has 0 spiro atoms. The Morgan fingerprint density at radius 2 is 1.93 bits per heavy atom. The molecular weight excluding hydrogens is 364 g/mol. The Morgan fingerprint density at radius 1 is 1.17 bits per heavy atom. The zero-order chi connectivity index (χ0) is 20.5. The van der Waals surface area contributed by atoms with E-state index in [1.165, 1.54) is 5.56 Å². The minimum atomic E-state index is -0.383. The smallest absolute Gasteiger partial charge is 0.247 e. The maximum atomic E-state index is 12.7. The van der Waals surface area contributed by atoms with Gasteiger partial charge < -0.3 is 14.6 Å². The summed E-state index contributed by atoms with van der Waals surface area (Å²) >= 11 is 0.